The Labute approximate surface area is 181 Å². The second-order valence-electron chi connectivity index (χ2n) is 6.35. The maximum atomic E-state index is 13.0. The van der Waals surface area contributed by atoms with Gasteiger partial charge in [-0.1, -0.05) is 6.07 Å². The number of hydrogen-bond donors (Lipinski definition) is 3. The predicted octanol–water partition coefficient (Wildman–Crippen LogP) is 2.61. The second kappa shape index (κ2) is 9.22. The molecular weight excluding hydrogens is 443 g/mol. The van der Waals surface area contributed by atoms with Gasteiger partial charge in [0.15, 0.2) is 0 Å². The summed E-state index contributed by atoms with van der Waals surface area (Å²) in [6.45, 7) is 0. The SMILES string of the molecule is O=C(NNC(=O)c1cccc(S(=O)(=O)Nc2ccc(F)cc2)c1)c1ccc([N+](=O)[O-])cc1. The molecule has 0 atom stereocenters. The van der Waals surface area contributed by atoms with E-state index in [1.165, 1.54) is 42.5 Å². The van der Waals surface area contributed by atoms with Crippen molar-refractivity contribution in [2.45, 2.75) is 4.90 Å². The number of nitro benzene ring substituents is 1. The van der Waals surface area contributed by atoms with Gasteiger partial charge in [-0.3, -0.25) is 35.3 Å². The average Bonchev–Trinajstić information content (AvgIpc) is 2.78. The Kier molecular flexibility index (Phi) is 6.45. The van der Waals surface area contributed by atoms with Gasteiger partial charge in [-0.2, -0.15) is 0 Å². The highest BCUT2D eigenvalue weighted by Crippen LogP contribution is 2.18. The molecule has 0 radical (unpaired) electrons. The lowest BCUT2D eigenvalue weighted by Crippen LogP contribution is -2.41. The quantitative estimate of drug-likeness (QED) is 0.382. The first-order valence-corrected chi connectivity index (χ1v) is 10.4. The highest BCUT2D eigenvalue weighted by atomic mass is 32.2. The number of nitrogens with one attached hydrogen (secondary N) is 3. The van der Waals surface area contributed by atoms with Crippen LogP contribution in [0.25, 0.3) is 0 Å². The highest BCUT2D eigenvalue weighted by Gasteiger charge is 2.17. The van der Waals surface area contributed by atoms with Crippen molar-refractivity contribution in [1.29, 1.82) is 0 Å². The minimum absolute atomic E-state index is 0.0593. The first-order valence-electron chi connectivity index (χ1n) is 8.89. The summed E-state index contributed by atoms with van der Waals surface area (Å²) >= 11 is 0. The van der Waals surface area contributed by atoms with Crippen molar-refractivity contribution in [2.24, 2.45) is 0 Å². The summed E-state index contributed by atoms with van der Waals surface area (Å²) in [5, 5.41) is 10.7. The van der Waals surface area contributed by atoms with Crippen LogP contribution in [0, 0.1) is 15.9 Å². The van der Waals surface area contributed by atoms with Crippen molar-refractivity contribution in [3.05, 3.63) is 99.9 Å². The number of nitrogens with zero attached hydrogens (tertiary/aromatic N) is 1. The minimum Gasteiger partial charge on any atom is -0.280 e. The zero-order valence-corrected chi connectivity index (χ0v) is 16.9. The van der Waals surface area contributed by atoms with Gasteiger partial charge in [-0.15, -0.1) is 0 Å². The summed E-state index contributed by atoms with van der Waals surface area (Å²) in [5.74, 6) is -2.04. The molecule has 0 saturated carbocycles. The molecule has 3 aromatic rings. The van der Waals surface area contributed by atoms with Gasteiger partial charge in [-0.25, -0.2) is 12.8 Å². The fraction of sp³-hybridized carbons (Fsp3) is 0. The average molecular weight is 458 g/mol. The van der Waals surface area contributed by atoms with Crippen LogP contribution in [0.5, 0.6) is 0 Å². The lowest BCUT2D eigenvalue weighted by molar-refractivity contribution is -0.384. The normalized spacial score (nSPS) is 10.8. The molecule has 0 aromatic heterocycles. The van der Waals surface area contributed by atoms with Crippen LogP contribution in [0.2, 0.25) is 0 Å². The number of halogens is 1. The summed E-state index contributed by atoms with van der Waals surface area (Å²) in [6, 6.07) is 14.4. The van der Waals surface area contributed by atoms with E-state index in [2.05, 4.69) is 15.6 Å². The van der Waals surface area contributed by atoms with Crippen LogP contribution in [0.3, 0.4) is 0 Å². The maximum absolute atomic E-state index is 13.0. The van der Waals surface area contributed by atoms with Crippen LogP contribution >= 0.6 is 0 Å². The molecule has 10 nitrogen and oxygen atoms in total. The Morgan fingerprint density at radius 1 is 0.844 bits per heavy atom. The van der Waals surface area contributed by atoms with Crippen molar-refractivity contribution in [2.75, 3.05) is 4.72 Å². The molecule has 2 amide bonds. The van der Waals surface area contributed by atoms with Crippen molar-refractivity contribution in [1.82, 2.24) is 10.9 Å². The zero-order chi connectivity index (χ0) is 23.3. The number of anilines is 1. The van der Waals surface area contributed by atoms with Crippen molar-refractivity contribution < 1.29 is 27.3 Å². The first-order chi connectivity index (χ1) is 15.2. The van der Waals surface area contributed by atoms with Crippen LogP contribution < -0.4 is 15.6 Å². The number of non-ortho nitro benzene ring substituents is 1. The van der Waals surface area contributed by atoms with Gasteiger partial charge in [0.25, 0.3) is 27.5 Å². The summed E-state index contributed by atoms with van der Waals surface area (Å²) < 4.78 is 40.3. The standard InChI is InChI=1S/C20H15FN4O6S/c21-15-6-8-16(9-7-15)24-32(30,31)18-3-1-2-14(12-18)20(27)23-22-19(26)13-4-10-17(11-5-13)25(28)29/h1-12,24H,(H,22,26)(H,23,27). The molecular formula is C20H15FN4O6S. The number of carbonyl (C=O) groups is 2. The fourth-order valence-electron chi connectivity index (χ4n) is 2.53. The Bertz CT molecular complexity index is 1280. The summed E-state index contributed by atoms with van der Waals surface area (Å²) in [7, 11) is -4.06. The molecule has 3 N–H and O–H groups in total. The van der Waals surface area contributed by atoms with Crippen molar-refractivity contribution >= 4 is 33.2 Å². The molecule has 164 valence electrons. The van der Waals surface area contributed by atoms with Crippen LogP contribution in [0.4, 0.5) is 15.8 Å². The van der Waals surface area contributed by atoms with Gasteiger partial charge in [0.1, 0.15) is 5.82 Å². The lowest BCUT2D eigenvalue weighted by atomic mass is 10.2. The van der Waals surface area contributed by atoms with Gasteiger partial charge < -0.3 is 0 Å². The van der Waals surface area contributed by atoms with E-state index in [4.69, 9.17) is 0 Å². The Morgan fingerprint density at radius 3 is 2.03 bits per heavy atom. The molecule has 0 bridgehead atoms. The molecule has 12 heteroatoms. The van der Waals surface area contributed by atoms with Crippen LogP contribution in [-0.2, 0) is 10.0 Å². The molecule has 0 aliphatic rings. The van der Waals surface area contributed by atoms with Gasteiger partial charge in [0.05, 0.1) is 9.82 Å². The van der Waals surface area contributed by atoms with Crippen LogP contribution in [-0.4, -0.2) is 25.2 Å². The van der Waals surface area contributed by atoms with E-state index in [9.17, 15) is 32.5 Å². The molecule has 0 spiro atoms. The van der Waals surface area contributed by atoms with Crippen LogP contribution in [0.15, 0.2) is 77.7 Å². The number of amides is 2. The number of benzene rings is 3. The van der Waals surface area contributed by atoms with E-state index < -0.39 is 32.6 Å². The first kappa shape index (κ1) is 22.4. The number of nitro groups is 1. The zero-order valence-electron chi connectivity index (χ0n) is 16.1. The predicted molar refractivity (Wildman–Crippen MR) is 112 cm³/mol. The molecule has 0 fully saturated rings. The molecule has 0 unspecified atom stereocenters. The van der Waals surface area contributed by atoms with E-state index in [0.29, 0.717) is 0 Å². The summed E-state index contributed by atoms with van der Waals surface area (Å²) in [6.07, 6.45) is 0. The van der Waals surface area contributed by atoms with E-state index >= 15 is 0 Å². The molecule has 0 heterocycles. The minimum atomic E-state index is -4.06. The number of hydrazine groups is 1. The van der Waals surface area contributed by atoms with Crippen LogP contribution in [0.1, 0.15) is 20.7 Å². The summed E-state index contributed by atoms with van der Waals surface area (Å²) in [4.78, 5) is 34.2. The Morgan fingerprint density at radius 2 is 1.44 bits per heavy atom. The molecule has 0 aliphatic carbocycles. The smallest absolute Gasteiger partial charge is 0.269 e. The van der Waals surface area contributed by atoms with Gasteiger partial charge in [-0.05, 0) is 54.6 Å². The van der Waals surface area contributed by atoms with E-state index in [1.54, 1.807) is 0 Å². The number of sulfonamides is 1. The van der Waals surface area contributed by atoms with Crippen molar-refractivity contribution in [3.63, 3.8) is 0 Å². The molecule has 0 aliphatic heterocycles. The Hall–Kier alpha value is -4.32. The summed E-state index contributed by atoms with van der Waals surface area (Å²) in [5.41, 5.74) is 4.23. The molecule has 0 saturated heterocycles. The van der Waals surface area contributed by atoms with E-state index in [-0.39, 0.29) is 27.4 Å². The molecule has 3 rings (SSSR count). The van der Waals surface area contributed by atoms with E-state index in [1.807, 2.05) is 0 Å². The molecule has 32 heavy (non-hydrogen) atoms. The fourth-order valence-corrected chi connectivity index (χ4v) is 3.63. The Balaban J connectivity index is 1.67. The highest BCUT2D eigenvalue weighted by molar-refractivity contribution is 7.92. The monoisotopic (exact) mass is 458 g/mol. The third-order valence-electron chi connectivity index (χ3n) is 4.13. The maximum Gasteiger partial charge on any atom is 0.269 e. The number of rotatable bonds is 6. The van der Waals surface area contributed by atoms with Gasteiger partial charge >= 0.3 is 0 Å². The second-order valence-corrected chi connectivity index (χ2v) is 8.03. The number of hydrogen-bond acceptors (Lipinski definition) is 6. The van der Waals surface area contributed by atoms with Crippen molar-refractivity contribution in [3.8, 4) is 0 Å². The van der Waals surface area contributed by atoms with Gasteiger partial charge in [0.2, 0.25) is 0 Å². The third kappa shape index (κ3) is 5.43. The van der Waals surface area contributed by atoms with Gasteiger partial charge in [0, 0.05) is 28.9 Å². The van der Waals surface area contributed by atoms with E-state index in [0.717, 1.165) is 30.3 Å². The largest absolute Gasteiger partial charge is 0.280 e. The number of carbonyl (C=O) groups excluding carboxylic acids is 2. The third-order valence-corrected chi connectivity index (χ3v) is 5.51. The topological polar surface area (TPSA) is 148 Å². The molecule has 3 aromatic carbocycles. The lowest BCUT2D eigenvalue weighted by Gasteiger charge is -2.10.